The molecule has 0 bridgehead atoms. The normalized spacial score (nSPS) is 12.0. The summed E-state index contributed by atoms with van der Waals surface area (Å²) in [5, 5.41) is 8.87. The number of alkyl carbamates (subject to hydrolysis) is 1. The van der Waals surface area contributed by atoms with Crippen molar-refractivity contribution in [1.82, 2.24) is 20.3 Å². The zero-order valence-electron chi connectivity index (χ0n) is 23.7. The van der Waals surface area contributed by atoms with Crippen LogP contribution >= 0.6 is 0 Å². The first kappa shape index (κ1) is 28.4. The molecule has 0 aliphatic rings. The molecule has 0 aliphatic carbocycles. The largest absolute Gasteiger partial charge is 0.445 e. The van der Waals surface area contributed by atoms with Gasteiger partial charge in [0.1, 0.15) is 18.5 Å². The van der Waals surface area contributed by atoms with Crippen molar-refractivity contribution in [2.45, 2.75) is 25.6 Å². The van der Waals surface area contributed by atoms with Gasteiger partial charge in [-0.15, -0.1) is 0 Å². The molecular formula is C35H30FN5O3. The number of hydrogen-bond acceptors (Lipinski definition) is 4. The maximum atomic E-state index is 13.4. The lowest BCUT2D eigenvalue weighted by atomic mass is 10.0. The predicted octanol–water partition coefficient (Wildman–Crippen LogP) is 6.30. The standard InChI is InChI=1S/C35H30FN5O3/c36-28-16-14-24(15-17-28)21-41-22-27(30-11-5-7-13-33(30)41)20-38-40-34(42)32(18-26-19-37-31-12-6-4-10-29(26)31)39-35(43)44-23-25-8-2-1-3-9-25/h1-17,19-20,22,32,37H,18,21,23H2,(H,39,43)(H,40,42)/b38-20-/t32-/m0/s1. The van der Waals surface area contributed by atoms with Crippen molar-refractivity contribution < 1.29 is 18.7 Å². The van der Waals surface area contributed by atoms with E-state index in [1.54, 1.807) is 18.3 Å². The molecule has 0 fully saturated rings. The first-order valence-corrected chi connectivity index (χ1v) is 14.2. The second kappa shape index (κ2) is 13.1. The summed E-state index contributed by atoms with van der Waals surface area (Å²) in [6, 6.07) is 30.4. The van der Waals surface area contributed by atoms with E-state index in [1.165, 1.54) is 12.1 Å². The van der Waals surface area contributed by atoms with Crippen LogP contribution in [0.1, 0.15) is 22.3 Å². The van der Waals surface area contributed by atoms with E-state index < -0.39 is 18.0 Å². The van der Waals surface area contributed by atoms with E-state index in [-0.39, 0.29) is 18.8 Å². The lowest BCUT2D eigenvalue weighted by Crippen LogP contribution is -2.47. The number of carbonyl (C=O) groups is 2. The van der Waals surface area contributed by atoms with Crippen LogP contribution in [0.15, 0.2) is 121 Å². The van der Waals surface area contributed by atoms with Crippen LogP contribution in [0, 0.1) is 5.82 Å². The Hall–Kier alpha value is -5.70. The van der Waals surface area contributed by atoms with E-state index in [0.717, 1.165) is 44.1 Å². The van der Waals surface area contributed by atoms with Crippen molar-refractivity contribution in [2.24, 2.45) is 5.10 Å². The molecule has 2 aromatic heterocycles. The van der Waals surface area contributed by atoms with Gasteiger partial charge < -0.3 is 19.6 Å². The van der Waals surface area contributed by atoms with Crippen LogP contribution in [-0.2, 0) is 29.1 Å². The van der Waals surface area contributed by atoms with Gasteiger partial charge in [-0.1, -0.05) is 78.9 Å². The van der Waals surface area contributed by atoms with Crippen molar-refractivity contribution in [3.05, 3.63) is 144 Å². The number of amides is 2. The third-order valence-corrected chi connectivity index (χ3v) is 7.38. The summed E-state index contributed by atoms with van der Waals surface area (Å²) in [5.74, 6) is -0.769. The maximum absolute atomic E-state index is 13.4. The lowest BCUT2D eigenvalue weighted by Gasteiger charge is -2.17. The summed E-state index contributed by atoms with van der Waals surface area (Å²) >= 11 is 0. The van der Waals surface area contributed by atoms with Gasteiger partial charge in [0.15, 0.2) is 0 Å². The Bertz CT molecular complexity index is 1930. The molecule has 2 amide bonds. The number of hydrazone groups is 1. The van der Waals surface area contributed by atoms with Gasteiger partial charge in [-0.2, -0.15) is 5.10 Å². The number of nitrogens with one attached hydrogen (secondary N) is 3. The number of fused-ring (bicyclic) bond motifs is 2. The number of para-hydroxylation sites is 2. The average Bonchev–Trinajstić information content (AvgIpc) is 3.62. The molecule has 220 valence electrons. The second-order valence-corrected chi connectivity index (χ2v) is 10.4. The highest BCUT2D eigenvalue weighted by Crippen LogP contribution is 2.22. The summed E-state index contributed by atoms with van der Waals surface area (Å²) in [5.41, 5.74) is 7.97. The summed E-state index contributed by atoms with van der Waals surface area (Å²) in [4.78, 5) is 29.4. The Kier molecular flexibility index (Phi) is 8.45. The molecular weight excluding hydrogens is 557 g/mol. The van der Waals surface area contributed by atoms with Gasteiger partial charge in [0.2, 0.25) is 0 Å². The number of rotatable bonds is 10. The number of benzene rings is 4. The van der Waals surface area contributed by atoms with Crippen LogP contribution in [0.4, 0.5) is 9.18 Å². The van der Waals surface area contributed by atoms with Crippen LogP contribution in [0.3, 0.4) is 0 Å². The van der Waals surface area contributed by atoms with Gasteiger partial charge >= 0.3 is 6.09 Å². The quantitative estimate of drug-likeness (QED) is 0.130. The van der Waals surface area contributed by atoms with Gasteiger partial charge in [-0.25, -0.2) is 14.6 Å². The molecule has 2 heterocycles. The molecule has 0 saturated carbocycles. The Morgan fingerprint density at radius 3 is 2.43 bits per heavy atom. The highest BCUT2D eigenvalue weighted by Gasteiger charge is 2.23. The highest BCUT2D eigenvalue weighted by molar-refractivity contribution is 6.00. The van der Waals surface area contributed by atoms with Crippen molar-refractivity contribution in [3.8, 4) is 0 Å². The monoisotopic (exact) mass is 587 g/mol. The number of aromatic amines is 1. The van der Waals surface area contributed by atoms with Crippen molar-refractivity contribution in [2.75, 3.05) is 0 Å². The Morgan fingerprint density at radius 1 is 0.886 bits per heavy atom. The van der Waals surface area contributed by atoms with E-state index in [9.17, 15) is 14.0 Å². The van der Waals surface area contributed by atoms with Crippen molar-refractivity contribution in [1.29, 1.82) is 0 Å². The van der Waals surface area contributed by atoms with E-state index in [2.05, 4.69) is 25.4 Å². The molecule has 4 aromatic carbocycles. The predicted molar refractivity (Wildman–Crippen MR) is 169 cm³/mol. The zero-order chi connectivity index (χ0) is 30.3. The molecule has 0 spiro atoms. The topological polar surface area (TPSA) is 101 Å². The molecule has 6 rings (SSSR count). The summed E-state index contributed by atoms with van der Waals surface area (Å²) in [7, 11) is 0. The van der Waals surface area contributed by atoms with Crippen LogP contribution < -0.4 is 10.7 Å². The Balaban J connectivity index is 1.18. The fourth-order valence-corrected chi connectivity index (χ4v) is 5.18. The second-order valence-electron chi connectivity index (χ2n) is 10.4. The number of carbonyl (C=O) groups excluding carboxylic acids is 2. The van der Waals surface area contributed by atoms with Crippen LogP contribution in [0.25, 0.3) is 21.8 Å². The number of hydrogen-bond donors (Lipinski definition) is 3. The number of aromatic nitrogens is 2. The van der Waals surface area contributed by atoms with Gasteiger partial charge in [0.25, 0.3) is 5.91 Å². The fourth-order valence-electron chi connectivity index (χ4n) is 5.18. The maximum Gasteiger partial charge on any atom is 0.408 e. The Morgan fingerprint density at radius 2 is 1.61 bits per heavy atom. The number of nitrogens with zero attached hydrogens (tertiary/aromatic N) is 2. The summed E-state index contributed by atoms with van der Waals surface area (Å²) in [6.07, 6.45) is 4.87. The minimum Gasteiger partial charge on any atom is -0.445 e. The molecule has 9 heteroatoms. The van der Waals surface area contributed by atoms with E-state index in [0.29, 0.717) is 6.54 Å². The third-order valence-electron chi connectivity index (χ3n) is 7.38. The lowest BCUT2D eigenvalue weighted by molar-refractivity contribution is -0.123. The summed E-state index contributed by atoms with van der Waals surface area (Å²) < 4.78 is 20.9. The molecule has 0 unspecified atom stereocenters. The van der Waals surface area contributed by atoms with Gasteiger partial charge in [-0.05, 0) is 41.0 Å². The van der Waals surface area contributed by atoms with E-state index >= 15 is 0 Å². The first-order valence-electron chi connectivity index (χ1n) is 14.2. The smallest absolute Gasteiger partial charge is 0.408 e. The number of halogens is 1. The highest BCUT2D eigenvalue weighted by atomic mass is 19.1. The van der Waals surface area contributed by atoms with Crippen molar-refractivity contribution in [3.63, 3.8) is 0 Å². The Labute approximate surface area is 253 Å². The molecule has 0 aliphatic heterocycles. The molecule has 8 nitrogen and oxygen atoms in total. The zero-order valence-corrected chi connectivity index (χ0v) is 23.7. The van der Waals surface area contributed by atoms with Gasteiger partial charge in [0, 0.05) is 52.7 Å². The minimum absolute atomic E-state index is 0.0776. The fraction of sp³-hybridized carbons (Fsp3) is 0.114. The van der Waals surface area contributed by atoms with Crippen molar-refractivity contribution >= 4 is 40.0 Å². The van der Waals surface area contributed by atoms with Crippen LogP contribution in [0.5, 0.6) is 0 Å². The minimum atomic E-state index is -0.950. The van der Waals surface area contributed by atoms with Gasteiger partial charge in [-0.3, -0.25) is 4.79 Å². The van der Waals surface area contributed by atoms with Gasteiger partial charge in [0.05, 0.1) is 6.21 Å². The molecule has 44 heavy (non-hydrogen) atoms. The number of H-pyrrole nitrogens is 1. The first-order chi connectivity index (χ1) is 21.5. The molecule has 1 atom stereocenters. The molecule has 0 saturated heterocycles. The van der Waals surface area contributed by atoms with E-state index in [4.69, 9.17) is 4.74 Å². The van der Waals surface area contributed by atoms with Crippen LogP contribution in [0.2, 0.25) is 0 Å². The van der Waals surface area contributed by atoms with E-state index in [1.807, 2.05) is 91.3 Å². The average molecular weight is 588 g/mol. The SMILES string of the molecule is O=C(N[C@@H](Cc1c[nH]c2ccccc12)C(=O)N/N=C\c1cn(Cc2ccc(F)cc2)c2ccccc12)OCc1ccccc1. The molecule has 0 radical (unpaired) electrons. The molecule has 3 N–H and O–H groups in total. The third kappa shape index (κ3) is 6.68. The molecule has 6 aromatic rings. The number of ether oxygens (including phenoxy) is 1. The summed E-state index contributed by atoms with van der Waals surface area (Å²) in [6.45, 7) is 0.622. The van der Waals surface area contributed by atoms with Crippen LogP contribution in [-0.4, -0.2) is 33.8 Å².